The lowest BCUT2D eigenvalue weighted by atomic mass is 10.3. The first-order chi connectivity index (χ1) is 8.19. The number of carbonyl (C=O) groups is 1. The van der Waals surface area contributed by atoms with Gasteiger partial charge in [0.15, 0.2) is 4.96 Å². The molecule has 3 N–H and O–H groups in total. The van der Waals surface area contributed by atoms with Gasteiger partial charge in [-0.1, -0.05) is 0 Å². The lowest BCUT2D eigenvalue weighted by Gasteiger charge is -2.07. The molecule has 2 aromatic rings. The van der Waals surface area contributed by atoms with Gasteiger partial charge in [-0.3, -0.25) is 9.20 Å². The SMILES string of the molecule is O=C(Cc1cn2ccsc2n1)NCC(O)CO. The minimum absolute atomic E-state index is 0.0531. The zero-order valence-electron chi connectivity index (χ0n) is 9.04. The first-order valence-corrected chi connectivity index (χ1v) is 6.03. The van der Waals surface area contributed by atoms with E-state index in [-0.39, 0.29) is 25.5 Å². The predicted octanol–water partition coefficient (Wildman–Crippen LogP) is -0.592. The Morgan fingerprint density at radius 1 is 1.65 bits per heavy atom. The van der Waals surface area contributed by atoms with Crippen molar-refractivity contribution in [1.82, 2.24) is 14.7 Å². The van der Waals surface area contributed by atoms with Crippen molar-refractivity contribution in [2.45, 2.75) is 12.5 Å². The van der Waals surface area contributed by atoms with Crippen LogP contribution in [0.5, 0.6) is 0 Å². The fraction of sp³-hybridized carbons (Fsp3) is 0.400. The fourth-order valence-electron chi connectivity index (χ4n) is 1.38. The number of nitrogens with zero attached hydrogens (tertiary/aromatic N) is 2. The number of hydrogen-bond acceptors (Lipinski definition) is 5. The van der Waals surface area contributed by atoms with Crippen LogP contribution in [0.25, 0.3) is 4.96 Å². The van der Waals surface area contributed by atoms with E-state index in [4.69, 9.17) is 10.2 Å². The number of thiazole rings is 1. The second-order valence-corrected chi connectivity index (χ2v) is 4.52. The highest BCUT2D eigenvalue weighted by molar-refractivity contribution is 7.15. The molecule has 1 atom stereocenters. The van der Waals surface area contributed by atoms with Crippen molar-refractivity contribution in [3.8, 4) is 0 Å². The van der Waals surface area contributed by atoms with E-state index in [0.717, 1.165) is 4.96 Å². The molecular weight excluding hydrogens is 242 g/mol. The Morgan fingerprint density at radius 2 is 2.47 bits per heavy atom. The van der Waals surface area contributed by atoms with Gasteiger partial charge >= 0.3 is 0 Å². The van der Waals surface area contributed by atoms with Crippen LogP contribution < -0.4 is 5.32 Å². The van der Waals surface area contributed by atoms with E-state index < -0.39 is 6.10 Å². The molecule has 0 saturated heterocycles. The summed E-state index contributed by atoms with van der Waals surface area (Å²) in [6, 6.07) is 0. The standard InChI is InChI=1S/C10H13N3O3S/c14-6-8(15)4-11-9(16)3-7-5-13-1-2-17-10(13)12-7/h1-2,5,8,14-15H,3-4,6H2,(H,11,16). The molecule has 6 nitrogen and oxygen atoms in total. The van der Waals surface area contributed by atoms with Crippen molar-refractivity contribution >= 4 is 22.2 Å². The van der Waals surface area contributed by atoms with Crippen molar-refractivity contribution < 1.29 is 15.0 Å². The molecule has 1 amide bonds. The molecule has 0 saturated carbocycles. The minimum Gasteiger partial charge on any atom is -0.394 e. The Morgan fingerprint density at radius 3 is 3.18 bits per heavy atom. The van der Waals surface area contributed by atoms with Gasteiger partial charge in [-0.25, -0.2) is 4.98 Å². The molecule has 0 aliphatic rings. The van der Waals surface area contributed by atoms with Gasteiger partial charge in [0.2, 0.25) is 5.91 Å². The molecule has 0 radical (unpaired) electrons. The third-order valence-electron chi connectivity index (χ3n) is 2.23. The minimum atomic E-state index is -0.913. The van der Waals surface area contributed by atoms with Crippen molar-refractivity contribution in [3.05, 3.63) is 23.5 Å². The molecule has 0 aliphatic carbocycles. The normalized spacial score (nSPS) is 12.8. The van der Waals surface area contributed by atoms with E-state index in [1.165, 1.54) is 11.3 Å². The Labute approximate surface area is 102 Å². The largest absolute Gasteiger partial charge is 0.394 e. The molecule has 0 fully saturated rings. The zero-order valence-corrected chi connectivity index (χ0v) is 9.85. The van der Waals surface area contributed by atoms with Crippen molar-refractivity contribution in [3.63, 3.8) is 0 Å². The molecule has 0 aromatic carbocycles. The van der Waals surface area contributed by atoms with Crippen LogP contribution in [0.1, 0.15) is 5.69 Å². The average Bonchev–Trinajstić information content (AvgIpc) is 2.86. The highest BCUT2D eigenvalue weighted by atomic mass is 32.1. The van der Waals surface area contributed by atoms with Gasteiger partial charge in [-0.15, -0.1) is 11.3 Å². The Hall–Kier alpha value is -1.44. The van der Waals surface area contributed by atoms with E-state index in [0.29, 0.717) is 5.69 Å². The van der Waals surface area contributed by atoms with Gasteiger partial charge in [-0.2, -0.15) is 0 Å². The summed E-state index contributed by atoms with van der Waals surface area (Å²) in [5.41, 5.74) is 0.688. The molecule has 7 heteroatoms. The molecule has 92 valence electrons. The van der Waals surface area contributed by atoms with Gasteiger partial charge in [0.1, 0.15) is 0 Å². The summed E-state index contributed by atoms with van der Waals surface area (Å²) < 4.78 is 1.86. The second-order valence-electron chi connectivity index (χ2n) is 3.64. The summed E-state index contributed by atoms with van der Waals surface area (Å²) in [4.78, 5) is 16.6. The van der Waals surface area contributed by atoms with Gasteiger partial charge in [0.25, 0.3) is 0 Å². The van der Waals surface area contributed by atoms with Crippen molar-refractivity contribution in [1.29, 1.82) is 0 Å². The summed E-state index contributed by atoms with van der Waals surface area (Å²) in [6.07, 6.45) is 2.94. The predicted molar refractivity (Wildman–Crippen MR) is 62.9 cm³/mol. The fourth-order valence-corrected chi connectivity index (χ4v) is 2.10. The topological polar surface area (TPSA) is 86.9 Å². The number of fused-ring (bicyclic) bond motifs is 1. The van der Waals surface area contributed by atoms with Crippen LogP contribution in [0.2, 0.25) is 0 Å². The number of carbonyl (C=O) groups excluding carboxylic acids is 1. The van der Waals surface area contributed by atoms with Crippen LogP contribution in [0.4, 0.5) is 0 Å². The number of hydrogen-bond donors (Lipinski definition) is 3. The van der Waals surface area contributed by atoms with Crippen LogP contribution >= 0.6 is 11.3 Å². The van der Waals surface area contributed by atoms with E-state index in [1.807, 2.05) is 16.0 Å². The zero-order chi connectivity index (χ0) is 12.3. The average molecular weight is 255 g/mol. The molecule has 2 aromatic heterocycles. The van der Waals surface area contributed by atoms with Gasteiger partial charge in [0, 0.05) is 24.3 Å². The van der Waals surface area contributed by atoms with Crippen LogP contribution in [0.3, 0.4) is 0 Å². The quantitative estimate of drug-likeness (QED) is 0.666. The Kier molecular flexibility index (Phi) is 3.72. The highest BCUT2D eigenvalue weighted by Gasteiger charge is 2.09. The van der Waals surface area contributed by atoms with Crippen LogP contribution in [0.15, 0.2) is 17.8 Å². The van der Waals surface area contributed by atoms with Gasteiger partial charge in [-0.05, 0) is 0 Å². The summed E-state index contributed by atoms with van der Waals surface area (Å²) in [6.45, 7) is -0.307. The smallest absolute Gasteiger partial charge is 0.226 e. The molecule has 1 unspecified atom stereocenters. The monoisotopic (exact) mass is 255 g/mol. The van der Waals surface area contributed by atoms with Crippen molar-refractivity contribution in [2.24, 2.45) is 0 Å². The summed E-state index contributed by atoms with van der Waals surface area (Å²) in [5.74, 6) is -0.219. The molecule has 0 aliphatic heterocycles. The number of aromatic nitrogens is 2. The Balaban J connectivity index is 1.88. The maximum atomic E-state index is 11.5. The van der Waals surface area contributed by atoms with E-state index in [1.54, 1.807) is 6.20 Å². The number of amides is 1. The van der Waals surface area contributed by atoms with Crippen molar-refractivity contribution in [2.75, 3.05) is 13.2 Å². The molecule has 2 rings (SSSR count). The van der Waals surface area contributed by atoms with E-state index in [9.17, 15) is 4.79 Å². The van der Waals surface area contributed by atoms with E-state index >= 15 is 0 Å². The number of aliphatic hydroxyl groups excluding tert-OH is 2. The Bertz CT molecular complexity index is 479. The first-order valence-electron chi connectivity index (χ1n) is 5.15. The maximum absolute atomic E-state index is 11.5. The molecule has 0 bridgehead atoms. The van der Waals surface area contributed by atoms with Crippen LogP contribution in [-0.4, -0.2) is 44.8 Å². The summed E-state index contributed by atoms with van der Waals surface area (Å²) in [5, 5.41) is 22.1. The maximum Gasteiger partial charge on any atom is 0.226 e. The lowest BCUT2D eigenvalue weighted by Crippen LogP contribution is -2.34. The first kappa shape index (κ1) is 12.0. The highest BCUT2D eigenvalue weighted by Crippen LogP contribution is 2.11. The summed E-state index contributed by atoms with van der Waals surface area (Å²) in [7, 11) is 0. The summed E-state index contributed by atoms with van der Waals surface area (Å²) >= 11 is 1.50. The number of rotatable bonds is 5. The molecular formula is C10H13N3O3S. The number of aliphatic hydroxyl groups is 2. The van der Waals surface area contributed by atoms with Gasteiger partial charge < -0.3 is 15.5 Å². The third kappa shape index (κ3) is 3.02. The number of imidazole rings is 1. The van der Waals surface area contributed by atoms with Crippen LogP contribution in [-0.2, 0) is 11.2 Å². The molecule has 17 heavy (non-hydrogen) atoms. The van der Waals surface area contributed by atoms with E-state index in [2.05, 4.69) is 10.3 Å². The lowest BCUT2D eigenvalue weighted by molar-refractivity contribution is -0.121. The number of nitrogens with one attached hydrogen (secondary N) is 1. The van der Waals surface area contributed by atoms with Crippen LogP contribution in [0, 0.1) is 0 Å². The third-order valence-corrected chi connectivity index (χ3v) is 3.00. The molecule has 0 spiro atoms. The van der Waals surface area contributed by atoms with Gasteiger partial charge in [0.05, 0.1) is 24.8 Å². The molecule has 2 heterocycles. The second kappa shape index (κ2) is 5.26.